The highest BCUT2D eigenvalue weighted by Gasteiger charge is 2.50. The van der Waals surface area contributed by atoms with Crippen molar-refractivity contribution >= 4 is 55.6 Å². The predicted molar refractivity (Wildman–Crippen MR) is 292 cm³/mol. The number of pyridine rings is 1. The second-order valence-electron chi connectivity index (χ2n) is 21.8. The molecule has 10 rings (SSSR count). The number of fused-ring (bicyclic) bond motifs is 1. The van der Waals surface area contributed by atoms with Crippen LogP contribution in [0.15, 0.2) is 108 Å². The molecule has 2 aliphatic carbocycles. The van der Waals surface area contributed by atoms with Gasteiger partial charge in [-0.1, -0.05) is 61.8 Å². The molecule has 1 atom stereocenters. The van der Waals surface area contributed by atoms with E-state index in [4.69, 9.17) is 21.1 Å². The lowest BCUT2D eigenvalue weighted by Crippen LogP contribution is -2.60. The number of piperazine rings is 1. The monoisotopic (exact) mass is 1060 g/mol. The van der Waals surface area contributed by atoms with Gasteiger partial charge < -0.3 is 29.8 Å². The summed E-state index contributed by atoms with van der Waals surface area (Å²) in [6.07, 6.45) is 10.1. The molecule has 1 spiro atoms. The van der Waals surface area contributed by atoms with Gasteiger partial charge in [0.1, 0.15) is 28.6 Å². The van der Waals surface area contributed by atoms with Crippen LogP contribution in [0.2, 0.25) is 5.02 Å². The van der Waals surface area contributed by atoms with E-state index in [9.17, 15) is 28.4 Å². The van der Waals surface area contributed by atoms with Gasteiger partial charge in [0.15, 0.2) is 0 Å². The van der Waals surface area contributed by atoms with Gasteiger partial charge in [-0.3, -0.25) is 24.7 Å². The average Bonchev–Trinajstić information content (AvgIpc) is 3.76. The Balaban J connectivity index is 0.837. The number of hydrogen-bond donors (Lipinski definition) is 4. The van der Waals surface area contributed by atoms with E-state index in [-0.39, 0.29) is 40.1 Å². The number of nitro groups is 1. The van der Waals surface area contributed by atoms with Gasteiger partial charge in [0.2, 0.25) is 0 Å². The molecule has 16 nitrogen and oxygen atoms in total. The van der Waals surface area contributed by atoms with Gasteiger partial charge in [-0.15, -0.1) is 0 Å². The Morgan fingerprint density at radius 2 is 1.71 bits per heavy atom. The number of nitrogens with one attached hydrogen (secondary N) is 3. The molecule has 1 amide bonds. The largest absolute Gasteiger partial charge is 0.497 e. The number of carbonyl (C=O) groups is 1. The Hall–Kier alpha value is -6.24. The quantitative estimate of drug-likeness (QED) is 0.0529. The number of methoxy groups -OCH3 is 1. The summed E-state index contributed by atoms with van der Waals surface area (Å²) in [7, 11) is -2.91. The van der Waals surface area contributed by atoms with E-state index < -0.39 is 37.0 Å². The van der Waals surface area contributed by atoms with Crippen LogP contribution in [0.1, 0.15) is 111 Å². The molecule has 4 aromatic carbocycles. The minimum Gasteiger partial charge on any atom is -0.497 e. The predicted octanol–water partition coefficient (Wildman–Crippen LogP) is 10.8. The fraction of sp³-hybridized carbons (Fsp3) is 0.439. The summed E-state index contributed by atoms with van der Waals surface area (Å²) in [5.74, 6) is 0.877. The number of aromatic amines is 1. The first kappa shape index (κ1) is 52.2. The number of hydrogen-bond acceptors (Lipinski definition) is 13. The summed E-state index contributed by atoms with van der Waals surface area (Å²) in [5.41, 5.74) is 4.65. The highest BCUT2D eigenvalue weighted by atomic mass is 35.5. The number of carbonyl (C=O) groups excluding carboxylic acids is 1. The maximum atomic E-state index is 14.1. The minimum absolute atomic E-state index is 0.0603. The van der Waals surface area contributed by atoms with Crippen LogP contribution in [0, 0.1) is 21.4 Å². The number of amides is 1. The molecular weight excluding hydrogens is 992 g/mol. The zero-order valence-electron chi connectivity index (χ0n) is 43.1. The normalized spacial score (nSPS) is 21.5. The number of nitrogens with zero attached hydrogens (tertiary/aromatic N) is 5. The molecular formula is C57H67ClN8O8S. The highest BCUT2D eigenvalue weighted by molar-refractivity contribution is 7.90. The lowest BCUT2D eigenvalue weighted by Gasteiger charge is -2.58. The molecule has 18 heteroatoms. The number of nitro benzene ring substituents is 1. The van der Waals surface area contributed by atoms with E-state index in [1.807, 2.05) is 19.1 Å². The Morgan fingerprint density at radius 3 is 2.43 bits per heavy atom. The van der Waals surface area contributed by atoms with Crippen molar-refractivity contribution in [2.45, 2.75) is 107 Å². The van der Waals surface area contributed by atoms with Crippen molar-refractivity contribution < 1.29 is 32.7 Å². The number of ether oxygens (including phenoxy) is 2. The summed E-state index contributed by atoms with van der Waals surface area (Å²) in [6.45, 7) is 12.2. The first-order valence-electron chi connectivity index (χ1n) is 26.2. The van der Waals surface area contributed by atoms with Gasteiger partial charge in [0.05, 0.1) is 39.3 Å². The Kier molecular flexibility index (Phi) is 14.9. The van der Waals surface area contributed by atoms with Crippen molar-refractivity contribution in [3.05, 3.63) is 141 Å². The molecule has 2 aromatic heterocycles. The molecule has 4 heterocycles. The summed E-state index contributed by atoms with van der Waals surface area (Å²) in [5, 5.41) is 26.8. The van der Waals surface area contributed by atoms with Gasteiger partial charge in [0, 0.05) is 87.3 Å². The lowest BCUT2D eigenvalue weighted by molar-refractivity contribution is -0.384. The fourth-order valence-corrected chi connectivity index (χ4v) is 13.1. The smallest absolute Gasteiger partial charge is 0.293 e. The van der Waals surface area contributed by atoms with Crippen LogP contribution in [0.25, 0.3) is 11.0 Å². The number of aromatic nitrogens is 2. The van der Waals surface area contributed by atoms with Crippen molar-refractivity contribution in [3.63, 3.8) is 0 Å². The number of aliphatic hydroxyl groups is 1. The summed E-state index contributed by atoms with van der Waals surface area (Å²) >= 11 is 6.45. The first-order valence-corrected chi connectivity index (χ1v) is 28.0. The summed E-state index contributed by atoms with van der Waals surface area (Å²) in [6, 6.07) is 28.5. The molecule has 4 aliphatic rings. The molecule has 2 saturated carbocycles. The lowest BCUT2D eigenvalue weighted by atomic mass is 9.59. The van der Waals surface area contributed by atoms with Crippen molar-refractivity contribution in [1.82, 2.24) is 24.5 Å². The van der Waals surface area contributed by atoms with Gasteiger partial charge >= 0.3 is 0 Å². The first-order chi connectivity index (χ1) is 35.9. The second kappa shape index (κ2) is 21.4. The Labute approximate surface area is 444 Å². The van der Waals surface area contributed by atoms with Crippen molar-refractivity contribution in [2.24, 2.45) is 11.3 Å². The van der Waals surface area contributed by atoms with Crippen LogP contribution in [0.3, 0.4) is 0 Å². The molecule has 75 heavy (non-hydrogen) atoms. The van der Waals surface area contributed by atoms with Crippen LogP contribution in [-0.2, 0) is 16.6 Å². The third-order valence-electron chi connectivity index (χ3n) is 16.4. The zero-order valence-corrected chi connectivity index (χ0v) is 44.6. The number of sulfonamides is 1. The van der Waals surface area contributed by atoms with E-state index in [1.165, 1.54) is 35.0 Å². The molecule has 4 fully saturated rings. The molecule has 6 aromatic rings. The molecule has 0 bridgehead atoms. The van der Waals surface area contributed by atoms with Crippen molar-refractivity contribution in [1.29, 1.82) is 0 Å². The van der Waals surface area contributed by atoms with E-state index in [2.05, 4.69) is 85.0 Å². The number of anilines is 2. The van der Waals surface area contributed by atoms with E-state index >= 15 is 0 Å². The Morgan fingerprint density at radius 1 is 0.960 bits per heavy atom. The summed E-state index contributed by atoms with van der Waals surface area (Å²) < 4.78 is 41.7. The highest BCUT2D eigenvalue weighted by Crippen LogP contribution is 2.53. The van der Waals surface area contributed by atoms with Crippen LogP contribution < -0.4 is 24.4 Å². The number of H-pyrrole nitrogens is 1. The van der Waals surface area contributed by atoms with E-state index in [1.54, 1.807) is 37.6 Å². The molecule has 2 aliphatic heterocycles. The van der Waals surface area contributed by atoms with Crippen LogP contribution in [0.5, 0.6) is 17.2 Å². The molecule has 4 N–H and O–H groups in total. The van der Waals surface area contributed by atoms with Crippen molar-refractivity contribution in [2.75, 3.05) is 56.6 Å². The molecule has 0 radical (unpaired) electrons. The fourth-order valence-electron chi connectivity index (χ4n) is 11.9. The van der Waals surface area contributed by atoms with Gasteiger partial charge in [-0.25, -0.2) is 18.1 Å². The number of rotatable bonds is 16. The standard InChI is InChI=1S/C57H67ClN8O8S/c1-37(2)45-7-5-6-8-46(45)52-36-63(35-39-9-12-42(73-4)13-10-39)25-26-65(52)41-30-57(31-41)21-23-64(24-22-57)40-11-15-47(53(27-40)74-43-28-48-49(58)34-61-54(48)60-33-43)55(67)62-75(71,72)44-14-16-50(51(29-44)66(69)70)59-32-38-17-19-56(3,68)20-18-38/h5-16,27-29,33-34,37-38,41,52,59,68H,17-26,30-32,35-36H2,1-4H3,(H,60,61)(H,62,67)/t38-,52-,56-/m0/s1. The van der Waals surface area contributed by atoms with Crippen molar-refractivity contribution in [3.8, 4) is 17.2 Å². The minimum atomic E-state index is -4.61. The Bertz CT molecular complexity index is 3160. The summed E-state index contributed by atoms with van der Waals surface area (Å²) in [4.78, 5) is 40.4. The van der Waals surface area contributed by atoms with Crippen LogP contribution >= 0.6 is 11.6 Å². The zero-order chi connectivity index (χ0) is 52.6. The van der Waals surface area contributed by atoms with Gasteiger partial charge in [-0.05, 0) is 135 Å². The maximum Gasteiger partial charge on any atom is 0.293 e. The third kappa shape index (κ3) is 11.5. The number of piperidine rings is 1. The molecule has 0 unspecified atom stereocenters. The number of halogens is 1. The van der Waals surface area contributed by atoms with E-state index in [0.717, 1.165) is 95.3 Å². The average molecular weight is 1060 g/mol. The van der Waals surface area contributed by atoms with Gasteiger partial charge in [-0.2, -0.15) is 0 Å². The topological polar surface area (TPSA) is 195 Å². The molecule has 396 valence electrons. The molecule has 2 saturated heterocycles. The maximum absolute atomic E-state index is 14.1. The van der Waals surface area contributed by atoms with Crippen LogP contribution in [0.4, 0.5) is 17.1 Å². The number of benzene rings is 4. The van der Waals surface area contributed by atoms with Crippen LogP contribution in [-0.4, -0.2) is 102 Å². The second-order valence-corrected chi connectivity index (χ2v) is 23.9. The third-order valence-corrected chi connectivity index (χ3v) is 18.0. The van der Waals surface area contributed by atoms with Gasteiger partial charge in [0.25, 0.3) is 21.6 Å². The SMILES string of the molecule is COc1ccc(CN2CCN(C3CC4(CCN(c5ccc(C(=O)NS(=O)(=O)c6ccc(NC[C@H]7CC[C@](C)(O)CC7)c([N+](=O)[O-])c6)c(Oc6cnc7[nH]cc(Cl)c7c6)c5)CC4)C3)[C@H](c3ccccc3C(C)C)C2)cc1. The van der Waals surface area contributed by atoms with E-state index in [0.29, 0.717) is 47.4 Å².